The van der Waals surface area contributed by atoms with E-state index in [9.17, 15) is 10.2 Å². The summed E-state index contributed by atoms with van der Waals surface area (Å²) in [5.74, 6) is 0.660. The Balaban J connectivity index is 1.47. The van der Waals surface area contributed by atoms with Crippen molar-refractivity contribution in [1.82, 2.24) is 19.9 Å². The van der Waals surface area contributed by atoms with Crippen LogP contribution in [-0.2, 0) is 11.3 Å². The normalized spacial score (nSPS) is 22.7. The van der Waals surface area contributed by atoms with Gasteiger partial charge in [0, 0.05) is 36.5 Å². The van der Waals surface area contributed by atoms with Crippen molar-refractivity contribution in [3.63, 3.8) is 0 Å². The molecule has 0 saturated carbocycles. The molecule has 4 N–H and O–H groups in total. The average molecular weight is 457 g/mol. The second-order valence-electron chi connectivity index (χ2n) is 8.51. The fraction of sp³-hybridized carbons (Fsp3) is 0.455. The molecule has 2 saturated heterocycles. The number of fused-ring (bicyclic) bond motifs is 1. The highest BCUT2D eigenvalue weighted by molar-refractivity contribution is 6.37. The molecule has 0 amide bonds. The molecule has 1 aromatic carbocycles. The van der Waals surface area contributed by atoms with Crippen LogP contribution in [0.4, 0.5) is 5.82 Å². The second kappa shape index (κ2) is 8.17. The van der Waals surface area contributed by atoms with Crippen molar-refractivity contribution >= 4 is 28.5 Å². The molecule has 10 heteroatoms. The van der Waals surface area contributed by atoms with Crippen molar-refractivity contribution < 1.29 is 14.9 Å². The van der Waals surface area contributed by atoms with Crippen LogP contribution in [-0.4, -0.2) is 62.2 Å². The molecule has 168 valence electrons. The Labute approximate surface area is 190 Å². The van der Waals surface area contributed by atoms with Gasteiger partial charge in [-0.2, -0.15) is 0 Å². The number of hydrogen-bond acceptors (Lipinski definition) is 9. The summed E-state index contributed by atoms with van der Waals surface area (Å²) in [4.78, 5) is 20.3. The first-order valence-electron chi connectivity index (χ1n) is 10.6. The Kier molecular flexibility index (Phi) is 5.47. The minimum absolute atomic E-state index is 0.225. The highest BCUT2D eigenvalue weighted by Gasteiger charge is 2.49. The van der Waals surface area contributed by atoms with E-state index >= 15 is 0 Å². The summed E-state index contributed by atoms with van der Waals surface area (Å²) in [7, 11) is 0. The smallest absolute Gasteiger partial charge is 0.170 e. The van der Waals surface area contributed by atoms with Gasteiger partial charge in [-0.25, -0.2) is 9.97 Å². The molecule has 0 bridgehead atoms. The van der Waals surface area contributed by atoms with E-state index < -0.39 is 12.3 Å². The van der Waals surface area contributed by atoms with Crippen molar-refractivity contribution in [3.8, 4) is 11.3 Å². The zero-order valence-electron chi connectivity index (χ0n) is 17.7. The number of aromatic nitrogens is 4. The lowest BCUT2D eigenvalue weighted by Gasteiger charge is -2.41. The fourth-order valence-corrected chi connectivity index (χ4v) is 5.04. The third kappa shape index (κ3) is 3.41. The molecule has 9 nitrogen and oxygen atoms in total. The summed E-state index contributed by atoms with van der Waals surface area (Å²) >= 11 is 6.64. The van der Waals surface area contributed by atoms with Crippen molar-refractivity contribution in [3.05, 3.63) is 40.9 Å². The van der Waals surface area contributed by atoms with E-state index in [1.54, 1.807) is 12.4 Å². The maximum Gasteiger partial charge on any atom is 0.170 e. The largest absolute Gasteiger partial charge is 0.390 e. The third-order valence-electron chi connectivity index (χ3n) is 6.72. The van der Waals surface area contributed by atoms with Crippen LogP contribution in [0, 0.1) is 12.3 Å². The van der Waals surface area contributed by atoms with E-state index in [1.165, 1.54) is 0 Å². The molecule has 32 heavy (non-hydrogen) atoms. The zero-order valence-corrected chi connectivity index (χ0v) is 18.5. The SMILES string of the molecule is Cc1nc(N2CCC3(CC2)CO[C@@H](O)[C@H]3N)c(CO)nc1-c1ccc2nccnc2c1Cl. The molecule has 2 aromatic heterocycles. The Morgan fingerprint density at radius 2 is 1.97 bits per heavy atom. The van der Waals surface area contributed by atoms with Crippen LogP contribution in [0.3, 0.4) is 0 Å². The second-order valence-corrected chi connectivity index (χ2v) is 8.89. The Hall–Kier alpha value is -2.43. The molecule has 2 aliphatic rings. The van der Waals surface area contributed by atoms with Crippen LogP contribution in [0.25, 0.3) is 22.3 Å². The summed E-state index contributed by atoms with van der Waals surface area (Å²) in [6, 6.07) is 3.31. The number of aryl methyl sites for hydroxylation is 1. The van der Waals surface area contributed by atoms with Gasteiger partial charge in [0.05, 0.1) is 41.2 Å². The number of halogens is 1. The summed E-state index contributed by atoms with van der Waals surface area (Å²) in [5, 5.41) is 20.4. The summed E-state index contributed by atoms with van der Waals surface area (Å²) < 4.78 is 5.39. The van der Waals surface area contributed by atoms with Gasteiger partial charge in [-0.1, -0.05) is 11.6 Å². The molecule has 0 radical (unpaired) electrons. The summed E-state index contributed by atoms with van der Waals surface area (Å²) in [6.07, 6.45) is 3.85. The molecule has 1 spiro atoms. The van der Waals surface area contributed by atoms with Gasteiger partial charge in [-0.05, 0) is 31.9 Å². The maximum atomic E-state index is 10.1. The predicted octanol–water partition coefficient (Wildman–Crippen LogP) is 1.80. The van der Waals surface area contributed by atoms with Crippen LogP contribution >= 0.6 is 11.6 Å². The van der Waals surface area contributed by atoms with Crippen LogP contribution in [0.1, 0.15) is 24.2 Å². The number of nitrogens with two attached hydrogens (primary N) is 1. The predicted molar refractivity (Wildman–Crippen MR) is 120 cm³/mol. The molecule has 0 aliphatic carbocycles. The quantitative estimate of drug-likeness (QED) is 0.539. The van der Waals surface area contributed by atoms with Gasteiger partial charge in [0.15, 0.2) is 12.1 Å². The van der Waals surface area contributed by atoms with E-state index in [2.05, 4.69) is 14.9 Å². The molecule has 2 fully saturated rings. The minimum Gasteiger partial charge on any atom is -0.390 e. The molecule has 5 rings (SSSR count). The van der Waals surface area contributed by atoms with E-state index in [4.69, 9.17) is 32.0 Å². The first-order chi connectivity index (χ1) is 15.4. The molecular weight excluding hydrogens is 432 g/mol. The monoisotopic (exact) mass is 456 g/mol. The van der Waals surface area contributed by atoms with Crippen LogP contribution in [0.2, 0.25) is 5.02 Å². The lowest BCUT2D eigenvalue weighted by atomic mass is 9.74. The van der Waals surface area contributed by atoms with Gasteiger partial charge in [-0.15, -0.1) is 0 Å². The number of aliphatic hydroxyl groups excluding tert-OH is 2. The standard InChI is InChI=1S/C22H25ClN6O3/c1-12-17(13-2-3-14-18(16(13)23)26-7-6-25-14)28-15(10-30)20(27-12)29-8-4-22(5-9-29)11-32-21(31)19(22)24/h2-3,6-7,19,21,30-31H,4-5,8-11,24H2,1H3/t19-,21-/m1/s1. The minimum atomic E-state index is -0.910. The fourth-order valence-electron chi connectivity index (χ4n) is 4.74. The lowest BCUT2D eigenvalue weighted by Crippen LogP contribution is -2.51. The first-order valence-corrected chi connectivity index (χ1v) is 11.0. The Morgan fingerprint density at radius 1 is 1.22 bits per heavy atom. The first kappa shape index (κ1) is 21.4. The van der Waals surface area contributed by atoms with Crippen molar-refractivity contribution in [2.45, 2.75) is 38.7 Å². The van der Waals surface area contributed by atoms with Gasteiger partial charge in [-0.3, -0.25) is 9.97 Å². The Morgan fingerprint density at radius 3 is 2.66 bits per heavy atom. The topological polar surface area (TPSA) is 131 Å². The van der Waals surface area contributed by atoms with Gasteiger partial charge in [0.25, 0.3) is 0 Å². The molecular formula is C22H25ClN6O3. The van der Waals surface area contributed by atoms with Gasteiger partial charge < -0.3 is 25.6 Å². The molecule has 2 aliphatic heterocycles. The number of nitrogens with zero attached hydrogens (tertiary/aromatic N) is 5. The number of rotatable bonds is 3. The zero-order chi connectivity index (χ0) is 22.5. The van der Waals surface area contributed by atoms with Crippen LogP contribution in [0.15, 0.2) is 24.5 Å². The van der Waals surface area contributed by atoms with Crippen LogP contribution in [0.5, 0.6) is 0 Å². The van der Waals surface area contributed by atoms with Crippen molar-refractivity contribution in [1.29, 1.82) is 0 Å². The van der Waals surface area contributed by atoms with E-state index in [0.29, 0.717) is 64.2 Å². The van der Waals surface area contributed by atoms with Gasteiger partial charge in [0.2, 0.25) is 0 Å². The number of hydrogen-bond donors (Lipinski definition) is 3. The molecule has 2 atom stereocenters. The highest BCUT2D eigenvalue weighted by atomic mass is 35.5. The van der Waals surface area contributed by atoms with E-state index in [0.717, 1.165) is 12.8 Å². The number of aliphatic hydroxyl groups is 2. The average Bonchev–Trinajstić information content (AvgIpc) is 3.09. The number of benzene rings is 1. The summed E-state index contributed by atoms with van der Waals surface area (Å²) in [5.41, 5.74) is 9.79. The molecule has 0 unspecified atom stereocenters. The highest BCUT2D eigenvalue weighted by Crippen LogP contribution is 2.42. The Bertz CT molecular complexity index is 1170. The van der Waals surface area contributed by atoms with Crippen LogP contribution < -0.4 is 10.6 Å². The van der Waals surface area contributed by atoms with Crippen molar-refractivity contribution in [2.24, 2.45) is 11.1 Å². The number of anilines is 1. The lowest BCUT2D eigenvalue weighted by molar-refractivity contribution is -0.0665. The molecule has 4 heterocycles. The van der Waals surface area contributed by atoms with E-state index in [-0.39, 0.29) is 12.0 Å². The number of ether oxygens (including phenoxy) is 1. The van der Waals surface area contributed by atoms with Gasteiger partial charge in [0.1, 0.15) is 11.2 Å². The maximum absolute atomic E-state index is 10.1. The van der Waals surface area contributed by atoms with E-state index in [1.807, 2.05) is 19.1 Å². The number of piperidine rings is 1. The molecule has 3 aromatic rings. The van der Waals surface area contributed by atoms with Gasteiger partial charge >= 0.3 is 0 Å². The third-order valence-corrected chi connectivity index (χ3v) is 7.10. The summed E-state index contributed by atoms with van der Waals surface area (Å²) in [6.45, 7) is 3.48. The van der Waals surface area contributed by atoms with Crippen molar-refractivity contribution in [2.75, 3.05) is 24.6 Å².